The van der Waals surface area contributed by atoms with Crippen molar-refractivity contribution in [1.29, 1.82) is 0 Å². The van der Waals surface area contributed by atoms with Gasteiger partial charge in [-0.2, -0.15) is 12.6 Å². The van der Waals surface area contributed by atoms with Crippen LogP contribution < -0.4 is 0 Å². The lowest BCUT2D eigenvalue weighted by molar-refractivity contribution is 0.461. The van der Waals surface area contributed by atoms with Gasteiger partial charge >= 0.3 is 0 Å². The third-order valence-electron chi connectivity index (χ3n) is 3.57. The zero-order chi connectivity index (χ0) is 15.0. The van der Waals surface area contributed by atoms with Crippen molar-refractivity contribution in [2.45, 2.75) is 51.3 Å². The maximum absolute atomic E-state index is 4.73. The zero-order valence-electron chi connectivity index (χ0n) is 13.0. The van der Waals surface area contributed by atoms with E-state index in [1.54, 1.807) is 0 Å². The summed E-state index contributed by atoms with van der Waals surface area (Å²) in [7, 11) is 0. The predicted molar refractivity (Wildman–Crippen MR) is 94.0 cm³/mol. The first kappa shape index (κ1) is 17.0. The molecule has 0 radical (unpaired) electrons. The average Bonchev–Trinajstić information content (AvgIpc) is 2.45. The van der Waals surface area contributed by atoms with Crippen molar-refractivity contribution in [2.75, 3.05) is 0 Å². The molecule has 1 aromatic rings. The van der Waals surface area contributed by atoms with Crippen LogP contribution in [0.15, 0.2) is 41.9 Å². The molecule has 0 N–H and O–H groups in total. The molecule has 2 heteroatoms. The van der Waals surface area contributed by atoms with Crippen molar-refractivity contribution in [1.82, 2.24) is 0 Å². The molecular formula is C18H27NS. The molecule has 110 valence electrons. The van der Waals surface area contributed by atoms with Gasteiger partial charge in [0.25, 0.3) is 0 Å². The molecule has 0 aliphatic rings. The fraction of sp³-hybridized carbons (Fsp3) is 0.500. The third-order valence-corrected chi connectivity index (χ3v) is 3.94. The maximum Gasteiger partial charge on any atom is 0.0757 e. The Morgan fingerprint density at radius 1 is 1.30 bits per heavy atom. The number of thiol groups is 1. The Balaban J connectivity index is 2.64. The highest BCUT2D eigenvalue weighted by molar-refractivity contribution is 7.79. The van der Waals surface area contributed by atoms with Gasteiger partial charge in [-0.3, -0.25) is 4.99 Å². The van der Waals surface area contributed by atoms with Crippen molar-refractivity contribution in [3.8, 4) is 0 Å². The van der Waals surface area contributed by atoms with Crippen LogP contribution in [0.2, 0.25) is 0 Å². The summed E-state index contributed by atoms with van der Waals surface area (Å²) in [6.07, 6.45) is 7.41. The van der Waals surface area contributed by atoms with Gasteiger partial charge in [-0.25, -0.2) is 0 Å². The Labute approximate surface area is 129 Å². The minimum Gasteiger partial charge on any atom is -0.282 e. The van der Waals surface area contributed by atoms with Crippen LogP contribution in [-0.4, -0.2) is 11.8 Å². The lowest BCUT2D eigenvalue weighted by Crippen LogP contribution is -2.18. The largest absolute Gasteiger partial charge is 0.282 e. The molecule has 0 spiro atoms. The number of benzene rings is 1. The molecule has 1 nitrogen and oxygen atoms in total. The second kappa shape index (κ2) is 8.31. The van der Waals surface area contributed by atoms with E-state index in [-0.39, 0.29) is 5.54 Å². The van der Waals surface area contributed by atoms with E-state index in [9.17, 15) is 0 Å². The molecule has 0 saturated heterocycles. The lowest BCUT2D eigenvalue weighted by Gasteiger charge is -2.21. The van der Waals surface area contributed by atoms with Crippen molar-refractivity contribution in [3.05, 3.63) is 48.0 Å². The van der Waals surface area contributed by atoms with Crippen LogP contribution in [0.5, 0.6) is 0 Å². The van der Waals surface area contributed by atoms with E-state index in [1.165, 1.54) is 18.4 Å². The highest BCUT2D eigenvalue weighted by Crippen LogP contribution is 2.21. The minimum absolute atomic E-state index is 0.156. The van der Waals surface area contributed by atoms with Crippen LogP contribution in [0.1, 0.15) is 51.2 Å². The van der Waals surface area contributed by atoms with Gasteiger partial charge in [-0.05, 0) is 30.4 Å². The molecule has 20 heavy (non-hydrogen) atoms. The van der Waals surface area contributed by atoms with Gasteiger partial charge in [0.2, 0.25) is 0 Å². The Morgan fingerprint density at radius 2 is 1.95 bits per heavy atom. The predicted octanol–water partition coefficient (Wildman–Crippen LogP) is 5.31. The summed E-state index contributed by atoms with van der Waals surface area (Å²) in [6, 6.07) is 8.37. The molecule has 0 heterocycles. The van der Waals surface area contributed by atoms with Crippen LogP contribution in [0.25, 0.3) is 0 Å². The Bertz CT molecular complexity index is 433. The van der Waals surface area contributed by atoms with Gasteiger partial charge in [0, 0.05) is 12.0 Å². The van der Waals surface area contributed by atoms with Crippen molar-refractivity contribution in [3.63, 3.8) is 0 Å². The Morgan fingerprint density at radius 3 is 2.45 bits per heavy atom. The average molecular weight is 289 g/mol. The maximum atomic E-state index is 4.73. The van der Waals surface area contributed by atoms with E-state index >= 15 is 0 Å². The summed E-state index contributed by atoms with van der Waals surface area (Å²) in [5.41, 5.74) is 2.21. The van der Waals surface area contributed by atoms with Gasteiger partial charge in [0.05, 0.1) is 5.54 Å². The monoisotopic (exact) mass is 289 g/mol. The van der Waals surface area contributed by atoms with Crippen LogP contribution >= 0.6 is 12.6 Å². The summed E-state index contributed by atoms with van der Waals surface area (Å²) in [4.78, 5) is 4.73. The topological polar surface area (TPSA) is 12.4 Å². The van der Waals surface area contributed by atoms with E-state index < -0.39 is 0 Å². The van der Waals surface area contributed by atoms with Crippen molar-refractivity contribution >= 4 is 18.8 Å². The van der Waals surface area contributed by atoms with Gasteiger partial charge in [-0.15, -0.1) is 6.58 Å². The van der Waals surface area contributed by atoms with E-state index in [2.05, 4.69) is 64.2 Å². The third kappa shape index (κ3) is 5.96. The summed E-state index contributed by atoms with van der Waals surface area (Å²) in [5.74, 6) is 1.53. The second-order valence-electron chi connectivity index (χ2n) is 6.01. The number of hydrogen-bond donors (Lipinski definition) is 1. The molecule has 1 rings (SSSR count). The van der Waals surface area contributed by atoms with Crippen molar-refractivity contribution < 1.29 is 0 Å². The molecule has 0 amide bonds. The summed E-state index contributed by atoms with van der Waals surface area (Å²) < 4.78 is 0. The summed E-state index contributed by atoms with van der Waals surface area (Å²) in [6.45, 7) is 10.6. The number of nitrogens with zero attached hydrogens (tertiary/aromatic N) is 1. The zero-order valence-corrected chi connectivity index (χ0v) is 13.9. The number of rotatable bonds is 8. The van der Waals surface area contributed by atoms with E-state index in [0.29, 0.717) is 0 Å². The summed E-state index contributed by atoms with van der Waals surface area (Å²) in [5, 5.41) is 0. The molecule has 0 saturated carbocycles. The van der Waals surface area contributed by atoms with Crippen LogP contribution in [0.4, 0.5) is 0 Å². The first-order valence-electron chi connectivity index (χ1n) is 7.38. The number of aliphatic imine (C=N–C) groups is 1. The molecule has 1 unspecified atom stereocenters. The van der Waals surface area contributed by atoms with Crippen LogP contribution in [-0.2, 0) is 5.75 Å². The fourth-order valence-corrected chi connectivity index (χ4v) is 2.23. The first-order chi connectivity index (χ1) is 9.49. The molecular weight excluding hydrogens is 262 g/mol. The highest BCUT2D eigenvalue weighted by atomic mass is 32.1. The standard InChI is InChI=1S/C18H27NS/c1-5-18(4,12-6-7-15(2)3)19-13-16-8-10-17(14-20)11-9-16/h5,8-11,13,15,20H,1,6-7,12,14H2,2-4H3. The Kier molecular flexibility index (Phi) is 7.08. The quantitative estimate of drug-likeness (QED) is 0.378. The smallest absolute Gasteiger partial charge is 0.0757 e. The molecule has 0 bridgehead atoms. The molecule has 0 aliphatic heterocycles. The normalized spacial score (nSPS) is 14.7. The lowest BCUT2D eigenvalue weighted by atomic mass is 9.93. The van der Waals surface area contributed by atoms with Gasteiger partial charge in [-0.1, -0.05) is 57.0 Å². The minimum atomic E-state index is -0.156. The van der Waals surface area contributed by atoms with Gasteiger partial charge in [0.1, 0.15) is 0 Å². The molecule has 0 aromatic heterocycles. The van der Waals surface area contributed by atoms with Crippen molar-refractivity contribution in [2.24, 2.45) is 10.9 Å². The fourth-order valence-electron chi connectivity index (χ4n) is 2.02. The molecule has 1 atom stereocenters. The van der Waals surface area contributed by atoms with E-state index in [4.69, 9.17) is 4.99 Å². The Hall–Kier alpha value is -1.02. The molecule has 1 aromatic carbocycles. The number of hydrogen-bond acceptors (Lipinski definition) is 2. The SMILES string of the molecule is C=CC(C)(CCCC(C)C)N=Cc1ccc(CS)cc1. The second-order valence-corrected chi connectivity index (χ2v) is 6.32. The van der Waals surface area contributed by atoms with Crippen LogP contribution in [0, 0.1) is 5.92 Å². The van der Waals surface area contributed by atoms with Gasteiger partial charge in [0.15, 0.2) is 0 Å². The van der Waals surface area contributed by atoms with Gasteiger partial charge < -0.3 is 0 Å². The van der Waals surface area contributed by atoms with Crippen LogP contribution in [0.3, 0.4) is 0 Å². The van der Waals surface area contributed by atoms with E-state index in [0.717, 1.165) is 23.7 Å². The highest BCUT2D eigenvalue weighted by Gasteiger charge is 2.17. The summed E-state index contributed by atoms with van der Waals surface area (Å²) >= 11 is 4.27. The molecule has 0 fully saturated rings. The first-order valence-corrected chi connectivity index (χ1v) is 8.01. The van der Waals surface area contributed by atoms with E-state index in [1.807, 2.05) is 12.3 Å². The molecule has 0 aliphatic carbocycles.